The van der Waals surface area contributed by atoms with E-state index in [2.05, 4.69) is 36.6 Å². The zero-order valence-corrected chi connectivity index (χ0v) is 19.0. The molecular weight excluding hydrogens is 386 g/mol. The average Bonchev–Trinajstić information content (AvgIpc) is 2.77. The highest BCUT2D eigenvalue weighted by Gasteiger charge is 2.21. The average molecular weight is 420 g/mol. The summed E-state index contributed by atoms with van der Waals surface area (Å²) < 4.78 is 0. The molecule has 31 heavy (non-hydrogen) atoms. The number of hydrazone groups is 1. The molecule has 2 amide bonds. The molecule has 2 aromatic rings. The van der Waals surface area contributed by atoms with Crippen molar-refractivity contribution in [1.29, 1.82) is 0 Å². The fourth-order valence-electron chi connectivity index (χ4n) is 3.82. The quantitative estimate of drug-likeness (QED) is 0.485. The molecule has 1 fully saturated rings. The van der Waals surface area contributed by atoms with Gasteiger partial charge in [-0.05, 0) is 60.6 Å². The lowest BCUT2D eigenvalue weighted by atomic mass is 9.87. The monoisotopic (exact) mass is 419 g/mol. The van der Waals surface area contributed by atoms with Crippen LogP contribution in [0.2, 0.25) is 0 Å². The van der Waals surface area contributed by atoms with Crippen molar-refractivity contribution in [2.24, 2.45) is 11.0 Å². The second kappa shape index (κ2) is 9.90. The molecule has 3 rings (SSSR count). The summed E-state index contributed by atoms with van der Waals surface area (Å²) in [5.41, 5.74) is 6.70. The summed E-state index contributed by atoms with van der Waals surface area (Å²) in [6.45, 7) is 8.26. The number of hydrogen-bond donors (Lipinski definition) is 2. The van der Waals surface area contributed by atoms with Crippen LogP contribution in [-0.2, 0) is 10.2 Å². The van der Waals surface area contributed by atoms with Crippen LogP contribution in [-0.4, -0.2) is 17.5 Å². The summed E-state index contributed by atoms with van der Waals surface area (Å²) in [6, 6.07) is 15.2. The molecule has 0 atom stereocenters. The number of carbonyl (C=O) groups excluding carboxylic acids is 2. The van der Waals surface area contributed by atoms with E-state index in [0.717, 1.165) is 36.9 Å². The maximum absolute atomic E-state index is 12.5. The van der Waals surface area contributed by atoms with E-state index in [1.54, 1.807) is 0 Å². The van der Waals surface area contributed by atoms with Crippen molar-refractivity contribution >= 4 is 23.2 Å². The molecule has 0 bridgehead atoms. The van der Waals surface area contributed by atoms with Crippen LogP contribution in [0.3, 0.4) is 0 Å². The third-order valence-corrected chi connectivity index (χ3v) is 5.86. The number of nitrogens with one attached hydrogen (secondary N) is 2. The minimum Gasteiger partial charge on any atom is -0.326 e. The molecule has 164 valence electrons. The van der Waals surface area contributed by atoms with E-state index < -0.39 is 0 Å². The number of anilines is 1. The van der Waals surface area contributed by atoms with E-state index in [1.807, 2.05) is 55.5 Å². The third-order valence-electron chi connectivity index (χ3n) is 5.86. The topological polar surface area (TPSA) is 70.6 Å². The van der Waals surface area contributed by atoms with Gasteiger partial charge in [0.05, 0.1) is 5.71 Å². The highest BCUT2D eigenvalue weighted by molar-refractivity contribution is 6.02. The number of rotatable bonds is 5. The Hall–Kier alpha value is -2.95. The molecule has 5 heteroatoms. The van der Waals surface area contributed by atoms with Crippen LogP contribution in [0.1, 0.15) is 81.3 Å². The molecule has 2 N–H and O–H groups in total. The zero-order chi connectivity index (χ0) is 22.4. The van der Waals surface area contributed by atoms with Gasteiger partial charge in [0.25, 0.3) is 5.91 Å². The Labute approximate surface area is 185 Å². The van der Waals surface area contributed by atoms with Gasteiger partial charge in [0, 0.05) is 17.2 Å². The van der Waals surface area contributed by atoms with Gasteiger partial charge in [-0.1, -0.05) is 64.3 Å². The Bertz CT molecular complexity index is 949. The standard InChI is InChI=1S/C26H33N3O2/c1-18(28-29-25(31)20-13-15-22(16-14-20)26(2,3)4)21-11-8-12-23(17-21)27-24(30)19-9-6-5-7-10-19/h8,11-17,19H,5-7,9-10H2,1-4H3,(H,27,30)(H,29,31). The van der Waals surface area contributed by atoms with Crippen molar-refractivity contribution in [2.45, 2.75) is 65.2 Å². The maximum atomic E-state index is 12.5. The van der Waals surface area contributed by atoms with Gasteiger partial charge < -0.3 is 5.32 Å². The third kappa shape index (κ3) is 6.27. The fourth-order valence-corrected chi connectivity index (χ4v) is 3.82. The van der Waals surface area contributed by atoms with Gasteiger partial charge in [-0.3, -0.25) is 9.59 Å². The van der Waals surface area contributed by atoms with Crippen LogP contribution >= 0.6 is 0 Å². The van der Waals surface area contributed by atoms with Gasteiger partial charge in [-0.15, -0.1) is 0 Å². The SMILES string of the molecule is CC(=NNC(=O)c1ccc(C(C)(C)C)cc1)c1cccc(NC(=O)C2CCCCC2)c1. The molecule has 1 saturated carbocycles. The van der Waals surface area contributed by atoms with Crippen LogP contribution in [0.15, 0.2) is 53.6 Å². The maximum Gasteiger partial charge on any atom is 0.271 e. The molecule has 1 aliphatic rings. The Morgan fingerprint density at radius 3 is 2.26 bits per heavy atom. The van der Waals surface area contributed by atoms with Gasteiger partial charge in [-0.2, -0.15) is 5.10 Å². The summed E-state index contributed by atoms with van der Waals surface area (Å²) in [4.78, 5) is 25.0. The van der Waals surface area contributed by atoms with E-state index in [4.69, 9.17) is 0 Å². The number of nitrogens with zero attached hydrogens (tertiary/aromatic N) is 1. The number of benzene rings is 2. The first-order valence-electron chi connectivity index (χ1n) is 11.1. The smallest absolute Gasteiger partial charge is 0.271 e. The zero-order valence-electron chi connectivity index (χ0n) is 19.0. The van der Waals surface area contributed by atoms with E-state index in [-0.39, 0.29) is 23.1 Å². The Balaban J connectivity index is 1.62. The van der Waals surface area contributed by atoms with Crippen LogP contribution in [0.25, 0.3) is 0 Å². The number of amides is 2. The van der Waals surface area contributed by atoms with E-state index in [1.165, 1.54) is 12.0 Å². The first kappa shape index (κ1) is 22.7. The summed E-state index contributed by atoms with van der Waals surface area (Å²) in [7, 11) is 0. The lowest BCUT2D eigenvalue weighted by Gasteiger charge is -2.20. The predicted octanol–water partition coefficient (Wildman–Crippen LogP) is 5.66. The van der Waals surface area contributed by atoms with Crippen LogP contribution < -0.4 is 10.7 Å². The Morgan fingerprint density at radius 2 is 1.61 bits per heavy atom. The Kier molecular flexibility index (Phi) is 7.26. The summed E-state index contributed by atoms with van der Waals surface area (Å²) in [5.74, 6) is -0.0452. The number of carbonyl (C=O) groups is 2. The van der Waals surface area contributed by atoms with Gasteiger partial charge >= 0.3 is 0 Å². The van der Waals surface area contributed by atoms with Gasteiger partial charge in [0.15, 0.2) is 0 Å². The van der Waals surface area contributed by atoms with Crippen molar-refractivity contribution in [3.05, 3.63) is 65.2 Å². The molecule has 0 aromatic heterocycles. The molecule has 0 heterocycles. The molecule has 0 saturated heterocycles. The molecule has 5 nitrogen and oxygen atoms in total. The van der Waals surface area contributed by atoms with E-state index >= 15 is 0 Å². The normalized spacial score (nSPS) is 15.4. The predicted molar refractivity (Wildman–Crippen MR) is 126 cm³/mol. The minimum atomic E-state index is -0.249. The summed E-state index contributed by atoms with van der Waals surface area (Å²) in [6.07, 6.45) is 5.41. The van der Waals surface area contributed by atoms with Crippen molar-refractivity contribution in [2.75, 3.05) is 5.32 Å². The van der Waals surface area contributed by atoms with Crippen molar-refractivity contribution in [3.8, 4) is 0 Å². The molecule has 2 aromatic carbocycles. The number of hydrogen-bond acceptors (Lipinski definition) is 3. The highest BCUT2D eigenvalue weighted by Crippen LogP contribution is 2.25. The molecular formula is C26H33N3O2. The molecule has 0 radical (unpaired) electrons. The van der Waals surface area contributed by atoms with Crippen LogP contribution in [0, 0.1) is 5.92 Å². The van der Waals surface area contributed by atoms with Gasteiger partial charge in [0.2, 0.25) is 5.91 Å². The largest absolute Gasteiger partial charge is 0.326 e. The van der Waals surface area contributed by atoms with E-state index in [9.17, 15) is 9.59 Å². The second-order valence-electron chi connectivity index (χ2n) is 9.37. The molecule has 0 unspecified atom stereocenters. The fraction of sp³-hybridized carbons (Fsp3) is 0.423. The lowest BCUT2D eigenvalue weighted by Crippen LogP contribution is -2.24. The molecule has 0 spiro atoms. The molecule has 1 aliphatic carbocycles. The summed E-state index contributed by atoms with van der Waals surface area (Å²) in [5, 5.41) is 7.29. The minimum absolute atomic E-state index is 0.0428. The van der Waals surface area contributed by atoms with Crippen molar-refractivity contribution in [3.63, 3.8) is 0 Å². The van der Waals surface area contributed by atoms with Crippen molar-refractivity contribution in [1.82, 2.24) is 5.43 Å². The van der Waals surface area contributed by atoms with E-state index in [0.29, 0.717) is 11.3 Å². The lowest BCUT2D eigenvalue weighted by molar-refractivity contribution is -0.120. The first-order valence-corrected chi connectivity index (χ1v) is 11.1. The van der Waals surface area contributed by atoms with Gasteiger partial charge in [-0.25, -0.2) is 5.43 Å². The van der Waals surface area contributed by atoms with Gasteiger partial charge in [0.1, 0.15) is 0 Å². The Morgan fingerprint density at radius 1 is 0.935 bits per heavy atom. The first-order chi connectivity index (χ1) is 14.7. The second-order valence-corrected chi connectivity index (χ2v) is 9.37. The molecule has 0 aliphatic heterocycles. The van der Waals surface area contributed by atoms with Crippen molar-refractivity contribution < 1.29 is 9.59 Å². The summed E-state index contributed by atoms with van der Waals surface area (Å²) >= 11 is 0. The van der Waals surface area contributed by atoms with Crippen LogP contribution in [0.5, 0.6) is 0 Å². The van der Waals surface area contributed by atoms with Crippen LogP contribution in [0.4, 0.5) is 5.69 Å². The highest BCUT2D eigenvalue weighted by atomic mass is 16.2.